The third-order valence-electron chi connectivity index (χ3n) is 2.81. The summed E-state index contributed by atoms with van der Waals surface area (Å²) in [6.07, 6.45) is 1.66. The highest BCUT2D eigenvalue weighted by Gasteiger charge is 2.34. The summed E-state index contributed by atoms with van der Waals surface area (Å²) in [4.78, 5) is 25.2. The van der Waals surface area contributed by atoms with Crippen molar-refractivity contribution in [3.05, 3.63) is 13.6 Å². The highest BCUT2D eigenvalue weighted by atomic mass is 79.9. The number of ether oxygens (including phenoxy) is 2. The zero-order valence-electron chi connectivity index (χ0n) is 10.8. The van der Waals surface area contributed by atoms with Gasteiger partial charge in [0.2, 0.25) is 0 Å². The lowest BCUT2D eigenvalue weighted by molar-refractivity contribution is -0.140. The number of rotatable bonds is 3. The molecule has 0 radical (unpaired) electrons. The second-order valence-electron chi connectivity index (χ2n) is 4.26. The van der Waals surface area contributed by atoms with Gasteiger partial charge in [0.05, 0.1) is 9.78 Å². The highest BCUT2D eigenvalue weighted by molar-refractivity contribution is 9.11. The largest absolute Gasteiger partial charge is 0.485 e. The standard InChI is InChI=1S/C12H8BrNO5S3/c13-10-9-8(18-1-2-19-9)5(21-10)3-6-11(17)14(4-7(15)16)12(20)22-6/h3H,1-2,4H2,(H,15,16)/b6-3+. The number of carbonyl (C=O) groups excluding carboxylic acids is 1. The maximum atomic E-state index is 12.2. The van der Waals surface area contributed by atoms with Gasteiger partial charge in [-0.15, -0.1) is 11.3 Å². The minimum absolute atomic E-state index is 0.236. The predicted octanol–water partition coefficient (Wildman–Crippen LogP) is 2.57. The molecule has 0 saturated carbocycles. The van der Waals surface area contributed by atoms with Crippen LogP contribution in [0.4, 0.5) is 0 Å². The molecule has 1 N–H and O–H groups in total. The SMILES string of the molecule is O=C(O)CN1C(=O)/C(=C\c2sc(Br)c3c2OCCO3)SC1=S. The van der Waals surface area contributed by atoms with Crippen molar-refractivity contribution in [3.8, 4) is 11.5 Å². The van der Waals surface area contributed by atoms with Gasteiger partial charge >= 0.3 is 5.97 Å². The molecule has 1 saturated heterocycles. The Hall–Kier alpha value is -1.10. The molecule has 2 aliphatic heterocycles. The molecule has 1 amide bonds. The molecule has 22 heavy (non-hydrogen) atoms. The van der Waals surface area contributed by atoms with Crippen LogP contribution in [0.2, 0.25) is 0 Å². The first-order valence-electron chi connectivity index (χ1n) is 6.02. The van der Waals surface area contributed by atoms with Crippen LogP contribution in [-0.4, -0.2) is 46.0 Å². The average Bonchev–Trinajstić information content (AvgIpc) is 2.92. The van der Waals surface area contributed by atoms with Gasteiger partial charge in [-0.05, 0) is 22.0 Å². The van der Waals surface area contributed by atoms with Gasteiger partial charge in [0.25, 0.3) is 5.91 Å². The minimum atomic E-state index is -1.11. The summed E-state index contributed by atoms with van der Waals surface area (Å²) in [5.74, 6) is -0.298. The molecule has 3 rings (SSSR count). The molecule has 116 valence electrons. The molecule has 0 bridgehead atoms. The molecular formula is C12H8BrNO5S3. The topological polar surface area (TPSA) is 76.1 Å². The van der Waals surface area contributed by atoms with Gasteiger partial charge < -0.3 is 14.6 Å². The maximum Gasteiger partial charge on any atom is 0.323 e. The quantitative estimate of drug-likeness (QED) is 0.593. The number of halogens is 1. The van der Waals surface area contributed by atoms with Crippen molar-refractivity contribution in [1.82, 2.24) is 4.90 Å². The number of thiophene rings is 1. The molecule has 1 fully saturated rings. The Balaban J connectivity index is 1.92. The van der Waals surface area contributed by atoms with Gasteiger partial charge in [0, 0.05) is 0 Å². The first kappa shape index (κ1) is 15.8. The molecule has 10 heteroatoms. The summed E-state index contributed by atoms with van der Waals surface area (Å²) in [5.41, 5.74) is 0. The van der Waals surface area contributed by atoms with Crippen LogP contribution in [0.25, 0.3) is 6.08 Å². The Morgan fingerprint density at radius 1 is 1.41 bits per heavy atom. The normalized spacial score (nSPS) is 19.1. The summed E-state index contributed by atoms with van der Waals surface area (Å²) in [7, 11) is 0. The van der Waals surface area contributed by atoms with Gasteiger partial charge in [-0.25, -0.2) is 0 Å². The average molecular weight is 422 g/mol. The Morgan fingerprint density at radius 3 is 2.77 bits per heavy atom. The van der Waals surface area contributed by atoms with E-state index in [1.807, 2.05) is 0 Å². The molecule has 3 heterocycles. The summed E-state index contributed by atoms with van der Waals surface area (Å²) in [6.45, 7) is 0.480. The van der Waals surface area contributed by atoms with E-state index < -0.39 is 18.4 Å². The van der Waals surface area contributed by atoms with Crippen LogP contribution in [0.5, 0.6) is 11.5 Å². The van der Waals surface area contributed by atoms with E-state index >= 15 is 0 Å². The van der Waals surface area contributed by atoms with Gasteiger partial charge in [-0.1, -0.05) is 24.0 Å². The molecule has 0 aromatic carbocycles. The van der Waals surface area contributed by atoms with Gasteiger partial charge in [-0.2, -0.15) is 0 Å². The van der Waals surface area contributed by atoms with Crippen molar-refractivity contribution in [1.29, 1.82) is 0 Å². The van der Waals surface area contributed by atoms with Crippen LogP contribution in [0.1, 0.15) is 4.88 Å². The van der Waals surface area contributed by atoms with Gasteiger partial charge in [-0.3, -0.25) is 14.5 Å². The number of thioether (sulfide) groups is 1. The van der Waals surface area contributed by atoms with Gasteiger partial charge in [0.15, 0.2) is 11.5 Å². The molecular weight excluding hydrogens is 414 g/mol. The number of thiocarbonyl (C=S) groups is 1. The fourth-order valence-corrected chi connectivity index (χ4v) is 4.91. The number of fused-ring (bicyclic) bond motifs is 1. The number of nitrogens with zero attached hydrogens (tertiary/aromatic N) is 1. The smallest absolute Gasteiger partial charge is 0.323 e. The Kier molecular flexibility index (Phi) is 4.44. The third-order valence-corrected chi connectivity index (χ3v) is 5.92. The Labute approximate surface area is 147 Å². The lowest BCUT2D eigenvalue weighted by Gasteiger charge is -2.15. The number of amides is 1. The van der Waals surface area contributed by atoms with E-state index in [9.17, 15) is 9.59 Å². The number of carbonyl (C=O) groups is 2. The number of carboxylic acid groups (broad SMARTS) is 1. The predicted molar refractivity (Wildman–Crippen MR) is 90.5 cm³/mol. The van der Waals surface area contributed by atoms with Crippen LogP contribution in [0, 0.1) is 0 Å². The second kappa shape index (κ2) is 6.19. The monoisotopic (exact) mass is 421 g/mol. The first-order valence-corrected chi connectivity index (χ1v) is 8.86. The van der Waals surface area contributed by atoms with Crippen LogP contribution >= 0.6 is 51.2 Å². The highest BCUT2D eigenvalue weighted by Crippen LogP contribution is 2.49. The number of aliphatic carboxylic acids is 1. The summed E-state index contributed by atoms with van der Waals surface area (Å²) < 4.78 is 12.1. The van der Waals surface area contributed by atoms with Gasteiger partial charge in [0.1, 0.15) is 27.9 Å². The molecule has 6 nitrogen and oxygen atoms in total. The molecule has 1 aromatic heterocycles. The van der Waals surface area contributed by atoms with Crippen LogP contribution < -0.4 is 9.47 Å². The zero-order valence-corrected chi connectivity index (χ0v) is 14.9. The summed E-state index contributed by atoms with van der Waals surface area (Å²) in [6, 6.07) is 0. The van der Waals surface area contributed by atoms with E-state index in [1.165, 1.54) is 11.3 Å². The van der Waals surface area contributed by atoms with E-state index in [2.05, 4.69) is 15.9 Å². The lowest BCUT2D eigenvalue weighted by atomic mass is 10.3. The Bertz CT molecular complexity index is 714. The number of hydrogen-bond acceptors (Lipinski definition) is 7. The summed E-state index contributed by atoms with van der Waals surface area (Å²) >= 11 is 10.9. The van der Waals surface area contributed by atoms with E-state index in [0.29, 0.717) is 29.6 Å². The number of carboxylic acids is 1. The van der Waals surface area contributed by atoms with E-state index in [0.717, 1.165) is 25.3 Å². The first-order chi connectivity index (χ1) is 10.5. The summed E-state index contributed by atoms with van der Waals surface area (Å²) in [5, 5.41) is 8.82. The van der Waals surface area contributed by atoms with Crippen LogP contribution in [0.15, 0.2) is 8.69 Å². The van der Waals surface area contributed by atoms with E-state index in [4.69, 9.17) is 26.8 Å². The zero-order chi connectivity index (χ0) is 15.9. The Morgan fingerprint density at radius 2 is 2.09 bits per heavy atom. The van der Waals surface area contributed by atoms with Crippen molar-refractivity contribution >= 4 is 73.5 Å². The molecule has 2 aliphatic rings. The van der Waals surface area contributed by atoms with Crippen molar-refractivity contribution in [2.24, 2.45) is 0 Å². The fourth-order valence-electron chi connectivity index (χ4n) is 1.92. The van der Waals surface area contributed by atoms with Crippen molar-refractivity contribution in [2.45, 2.75) is 0 Å². The van der Waals surface area contributed by atoms with Crippen molar-refractivity contribution in [3.63, 3.8) is 0 Å². The third kappa shape index (κ3) is 2.87. The molecule has 0 spiro atoms. The molecule has 0 atom stereocenters. The lowest BCUT2D eigenvalue weighted by Crippen LogP contribution is -2.33. The van der Waals surface area contributed by atoms with Crippen molar-refractivity contribution < 1.29 is 24.2 Å². The fraction of sp³-hybridized carbons (Fsp3) is 0.250. The van der Waals surface area contributed by atoms with E-state index in [-0.39, 0.29) is 4.32 Å². The maximum absolute atomic E-state index is 12.2. The second-order valence-corrected chi connectivity index (χ2v) is 8.30. The molecule has 0 unspecified atom stereocenters. The van der Waals surface area contributed by atoms with E-state index in [1.54, 1.807) is 6.08 Å². The van der Waals surface area contributed by atoms with Crippen molar-refractivity contribution in [2.75, 3.05) is 19.8 Å². The minimum Gasteiger partial charge on any atom is -0.485 e. The number of hydrogen-bond donors (Lipinski definition) is 1. The molecule has 1 aromatic rings. The van der Waals surface area contributed by atoms with Crippen LogP contribution in [-0.2, 0) is 9.59 Å². The molecule has 0 aliphatic carbocycles. The van der Waals surface area contributed by atoms with Crippen LogP contribution in [0.3, 0.4) is 0 Å².